The third-order valence-electron chi connectivity index (χ3n) is 5.16. The van der Waals surface area contributed by atoms with E-state index in [9.17, 15) is 13.2 Å². The minimum atomic E-state index is -3.27. The summed E-state index contributed by atoms with van der Waals surface area (Å²) in [6.45, 7) is 3.47. The van der Waals surface area contributed by atoms with E-state index in [1.807, 2.05) is 11.0 Å². The summed E-state index contributed by atoms with van der Waals surface area (Å²) in [5.74, 6) is 0.0841. The first-order valence-electron chi connectivity index (χ1n) is 8.83. The van der Waals surface area contributed by atoms with Gasteiger partial charge < -0.3 is 4.90 Å². The molecule has 2 aliphatic heterocycles. The molecule has 132 valence electrons. The van der Waals surface area contributed by atoms with Crippen molar-refractivity contribution >= 4 is 21.6 Å². The number of hydrogen-bond acceptors (Lipinski definition) is 3. The highest BCUT2D eigenvalue weighted by Crippen LogP contribution is 2.31. The van der Waals surface area contributed by atoms with Gasteiger partial charge in [0.05, 0.1) is 11.9 Å². The van der Waals surface area contributed by atoms with E-state index in [4.69, 9.17) is 0 Å². The SMILES string of the molecule is CCC1CCCCN1C(=O)c1ccc2c(c1)CCCN2S(C)(=O)=O. The minimum absolute atomic E-state index is 0.0841. The van der Waals surface area contributed by atoms with Crippen molar-refractivity contribution in [2.45, 2.75) is 51.5 Å². The summed E-state index contributed by atoms with van der Waals surface area (Å²) in [5.41, 5.74) is 2.37. The lowest BCUT2D eigenvalue weighted by Gasteiger charge is -2.36. The third kappa shape index (κ3) is 3.29. The second-order valence-corrected chi connectivity index (χ2v) is 8.75. The van der Waals surface area contributed by atoms with Crippen LogP contribution >= 0.6 is 0 Å². The Kier molecular flexibility index (Phi) is 4.85. The Morgan fingerprint density at radius 1 is 1.21 bits per heavy atom. The zero-order chi connectivity index (χ0) is 17.3. The molecule has 1 saturated heterocycles. The molecule has 6 heteroatoms. The summed E-state index contributed by atoms with van der Waals surface area (Å²) in [6, 6.07) is 5.81. The van der Waals surface area contributed by atoms with E-state index in [0.717, 1.165) is 49.9 Å². The van der Waals surface area contributed by atoms with Crippen LogP contribution in [0.1, 0.15) is 54.9 Å². The van der Waals surface area contributed by atoms with Crippen LogP contribution in [0.3, 0.4) is 0 Å². The molecule has 1 atom stereocenters. The molecule has 24 heavy (non-hydrogen) atoms. The van der Waals surface area contributed by atoms with Gasteiger partial charge in [-0.3, -0.25) is 9.10 Å². The van der Waals surface area contributed by atoms with Crippen molar-refractivity contribution in [3.8, 4) is 0 Å². The molecule has 1 aromatic rings. The first-order chi connectivity index (χ1) is 11.4. The topological polar surface area (TPSA) is 57.7 Å². The predicted molar refractivity (Wildman–Crippen MR) is 95.9 cm³/mol. The molecule has 0 spiro atoms. The number of nitrogens with zero attached hydrogens (tertiary/aromatic N) is 2. The van der Waals surface area contributed by atoms with E-state index in [-0.39, 0.29) is 5.91 Å². The highest BCUT2D eigenvalue weighted by atomic mass is 32.2. The van der Waals surface area contributed by atoms with Crippen LogP contribution in [0.15, 0.2) is 18.2 Å². The lowest BCUT2D eigenvalue weighted by atomic mass is 9.97. The standard InChI is InChI=1S/C18H26N2O3S/c1-3-16-8-4-5-11-19(16)18(21)15-9-10-17-14(13-15)7-6-12-20(17)24(2,22)23/h9-10,13,16H,3-8,11-12H2,1-2H3. The maximum atomic E-state index is 12.9. The number of likely N-dealkylation sites (tertiary alicyclic amines) is 1. The van der Waals surface area contributed by atoms with Gasteiger partial charge in [0, 0.05) is 24.7 Å². The molecule has 1 unspecified atom stereocenters. The number of rotatable bonds is 3. The van der Waals surface area contributed by atoms with Crippen LogP contribution in [-0.2, 0) is 16.4 Å². The number of fused-ring (bicyclic) bond motifs is 1. The molecular formula is C18H26N2O3S. The molecule has 2 heterocycles. The first-order valence-corrected chi connectivity index (χ1v) is 10.7. The number of benzene rings is 1. The molecule has 1 amide bonds. The number of sulfonamides is 1. The number of piperidine rings is 1. The normalized spacial score (nSPS) is 21.5. The van der Waals surface area contributed by atoms with Crippen LogP contribution in [0.5, 0.6) is 0 Å². The van der Waals surface area contributed by atoms with Gasteiger partial charge in [-0.1, -0.05) is 6.92 Å². The Labute approximate surface area is 144 Å². The van der Waals surface area contributed by atoms with E-state index >= 15 is 0 Å². The number of carbonyl (C=O) groups is 1. The highest BCUT2D eigenvalue weighted by molar-refractivity contribution is 7.92. The van der Waals surface area contributed by atoms with Crippen molar-refractivity contribution in [3.63, 3.8) is 0 Å². The number of aryl methyl sites for hydroxylation is 1. The van der Waals surface area contributed by atoms with Gasteiger partial charge in [0.15, 0.2) is 0 Å². The summed E-state index contributed by atoms with van der Waals surface area (Å²) >= 11 is 0. The van der Waals surface area contributed by atoms with Gasteiger partial charge in [-0.15, -0.1) is 0 Å². The molecule has 0 N–H and O–H groups in total. The Morgan fingerprint density at radius 3 is 2.71 bits per heavy atom. The summed E-state index contributed by atoms with van der Waals surface area (Å²) in [6.07, 6.45) is 7.16. The summed E-state index contributed by atoms with van der Waals surface area (Å²) in [5, 5.41) is 0. The Bertz CT molecular complexity index is 730. The molecule has 0 saturated carbocycles. The maximum absolute atomic E-state index is 12.9. The van der Waals surface area contributed by atoms with Gasteiger partial charge in [0.2, 0.25) is 10.0 Å². The van der Waals surface area contributed by atoms with E-state index < -0.39 is 10.0 Å². The molecule has 2 aliphatic rings. The van der Waals surface area contributed by atoms with Crippen LogP contribution in [0.4, 0.5) is 5.69 Å². The second-order valence-electron chi connectivity index (χ2n) is 6.84. The maximum Gasteiger partial charge on any atom is 0.254 e. The van der Waals surface area contributed by atoms with E-state index in [0.29, 0.717) is 18.2 Å². The van der Waals surface area contributed by atoms with Crippen molar-refractivity contribution in [1.82, 2.24) is 4.90 Å². The number of carbonyl (C=O) groups excluding carboxylic acids is 1. The highest BCUT2D eigenvalue weighted by Gasteiger charge is 2.28. The average molecular weight is 350 g/mol. The zero-order valence-electron chi connectivity index (χ0n) is 14.5. The van der Waals surface area contributed by atoms with Crippen molar-refractivity contribution in [1.29, 1.82) is 0 Å². The van der Waals surface area contributed by atoms with Gasteiger partial charge in [-0.05, 0) is 62.3 Å². The fraction of sp³-hybridized carbons (Fsp3) is 0.611. The summed E-state index contributed by atoms with van der Waals surface area (Å²) < 4.78 is 25.3. The zero-order valence-corrected chi connectivity index (χ0v) is 15.3. The molecule has 0 aromatic heterocycles. The van der Waals surface area contributed by atoms with Gasteiger partial charge in [-0.25, -0.2) is 8.42 Å². The molecular weight excluding hydrogens is 324 g/mol. The van der Waals surface area contributed by atoms with Gasteiger partial charge in [0.25, 0.3) is 5.91 Å². The fourth-order valence-electron chi connectivity index (χ4n) is 3.90. The van der Waals surface area contributed by atoms with E-state index in [2.05, 4.69) is 6.92 Å². The van der Waals surface area contributed by atoms with E-state index in [1.54, 1.807) is 12.1 Å². The van der Waals surface area contributed by atoms with Crippen LogP contribution in [0.2, 0.25) is 0 Å². The number of amides is 1. The van der Waals surface area contributed by atoms with Crippen molar-refractivity contribution in [2.75, 3.05) is 23.7 Å². The second kappa shape index (κ2) is 6.75. The quantitative estimate of drug-likeness (QED) is 0.842. The molecule has 3 rings (SSSR count). The molecule has 0 bridgehead atoms. The van der Waals surface area contributed by atoms with Crippen LogP contribution in [0, 0.1) is 0 Å². The molecule has 0 aliphatic carbocycles. The molecule has 0 radical (unpaired) electrons. The Balaban J connectivity index is 1.89. The van der Waals surface area contributed by atoms with Gasteiger partial charge >= 0.3 is 0 Å². The predicted octanol–water partition coefficient (Wildman–Crippen LogP) is 2.80. The first kappa shape index (κ1) is 17.3. The smallest absolute Gasteiger partial charge is 0.254 e. The molecule has 5 nitrogen and oxygen atoms in total. The lowest BCUT2D eigenvalue weighted by molar-refractivity contribution is 0.0608. The van der Waals surface area contributed by atoms with Crippen LogP contribution in [-0.4, -0.2) is 44.6 Å². The average Bonchev–Trinajstić information content (AvgIpc) is 2.59. The van der Waals surface area contributed by atoms with Crippen LogP contribution < -0.4 is 4.31 Å². The molecule has 1 aromatic carbocycles. The van der Waals surface area contributed by atoms with Crippen LogP contribution in [0.25, 0.3) is 0 Å². The molecule has 1 fully saturated rings. The number of anilines is 1. The van der Waals surface area contributed by atoms with Crippen molar-refractivity contribution in [2.24, 2.45) is 0 Å². The van der Waals surface area contributed by atoms with E-state index in [1.165, 1.54) is 17.0 Å². The largest absolute Gasteiger partial charge is 0.336 e. The van der Waals surface area contributed by atoms with Crippen molar-refractivity contribution in [3.05, 3.63) is 29.3 Å². The summed E-state index contributed by atoms with van der Waals surface area (Å²) in [4.78, 5) is 14.9. The lowest BCUT2D eigenvalue weighted by Crippen LogP contribution is -2.43. The van der Waals surface area contributed by atoms with Gasteiger partial charge in [-0.2, -0.15) is 0 Å². The minimum Gasteiger partial charge on any atom is -0.336 e. The Hall–Kier alpha value is -1.56. The fourth-order valence-corrected chi connectivity index (χ4v) is 4.89. The van der Waals surface area contributed by atoms with Crippen molar-refractivity contribution < 1.29 is 13.2 Å². The third-order valence-corrected chi connectivity index (χ3v) is 6.34. The van der Waals surface area contributed by atoms with Gasteiger partial charge in [0.1, 0.15) is 0 Å². The summed E-state index contributed by atoms with van der Waals surface area (Å²) in [7, 11) is -3.27. The Morgan fingerprint density at radius 2 is 2.00 bits per heavy atom. The number of hydrogen-bond donors (Lipinski definition) is 0. The monoisotopic (exact) mass is 350 g/mol.